The Bertz CT molecular complexity index is 964. The standard InChI is InChI=1S/C57H110O6/c1-6-8-9-10-30-37-42-47-55(58)61-50-54(51-62-56(59)48-43-38-33-28-24-21-17-18-22-26-31-35-40-45-52(3)4)63-57(60)49-44-39-34-29-25-20-16-14-12-11-13-15-19-23-27-32-36-41-46-53(5)7-2/h52-54H,6-51H2,1-5H3/t53?,54-/m0/s1. The number of carbonyl (C=O) groups excluding carboxylic acids is 3. The highest BCUT2D eigenvalue weighted by Crippen LogP contribution is 2.18. The van der Waals surface area contributed by atoms with E-state index >= 15 is 0 Å². The molecule has 0 spiro atoms. The van der Waals surface area contributed by atoms with Gasteiger partial charge < -0.3 is 14.2 Å². The fourth-order valence-corrected chi connectivity index (χ4v) is 8.66. The van der Waals surface area contributed by atoms with Crippen molar-refractivity contribution in [3.05, 3.63) is 0 Å². The van der Waals surface area contributed by atoms with Gasteiger partial charge in [-0.1, -0.05) is 279 Å². The van der Waals surface area contributed by atoms with Crippen molar-refractivity contribution in [2.75, 3.05) is 13.2 Å². The Morgan fingerprint density at radius 2 is 0.603 bits per heavy atom. The monoisotopic (exact) mass is 891 g/mol. The number of ether oxygens (including phenoxy) is 3. The highest BCUT2D eigenvalue weighted by Gasteiger charge is 2.19. The van der Waals surface area contributed by atoms with Crippen LogP contribution in [0, 0.1) is 11.8 Å². The fourth-order valence-electron chi connectivity index (χ4n) is 8.66. The predicted molar refractivity (Wildman–Crippen MR) is 270 cm³/mol. The lowest BCUT2D eigenvalue weighted by Crippen LogP contribution is -2.30. The number of esters is 3. The molecule has 0 amide bonds. The van der Waals surface area contributed by atoms with Crippen LogP contribution in [0.3, 0.4) is 0 Å². The minimum atomic E-state index is -0.761. The molecule has 0 saturated carbocycles. The first-order valence-electron chi connectivity index (χ1n) is 28.3. The first kappa shape index (κ1) is 61.4. The second-order valence-electron chi connectivity index (χ2n) is 20.3. The van der Waals surface area contributed by atoms with Crippen molar-refractivity contribution in [1.82, 2.24) is 0 Å². The van der Waals surface area contributed by atoms with Crippen LogP contribution in [-0.2, 0) is 28.6 Å². The van der Waals surface area contributed by atoms with Gasteiger partial charge >= 0.3 is 17.9 Å². The molecule has 6 heteroatoms. The van der Waals surface area contributed by atoms with E-state index in [1.807, 2.05) is 0 Å². The molecule has 0 bridgehead atoms. The van der Waals surface area contributed by atoms with Crippen molar-refractivity contribution in [2.24, 2.45) is 11.8 Å². The summed E-state index contributed by atoms with van der Waals surface area (Å²) in [7, 11) is 0. The van der Waals surface area contributed by atoms with Crippen LogP contribution in [0.25, 0.3) is 0 Å². The zero-order chi connectivity index (χ0) is 46.1. The van der Waals surface area contributed by atoms with E-state index in [-0.39, 0.29) is 31.1 Å². The van der Waals surface area contributed by atoms with Gasteiger partial charge in [0.15, 0.2) is 6.10 Å². The van der Waals surface area contributed by atoms with Gasteiger partial charge in [-0.15, -0.1) is 0 Å². The minimum Gasteiger partial charge on any atom is -0.462 e. The molecule has 63 heavy (non-hydrogen) atoms. The SMILES string of the molecule is CCCCCCCCCC(=O)OC[C@@H](COC(=O)CCCCCCCCCCCCCCCC(C)C)OC(=O)CCCCCCCCCCCCCCCCCCCCC(C)CC. The average molecular weight is 892 g/mol. The average Bonchev–Trinajstić information content (AvgIpc) is 3.27. The molecular formula is C57H110O6. The first-order chi connectivity index (χ1) is 30.8. The molecule has 374 valence electrons. The Hall–Kier alpha value is -1.59. The Labute approximate surface area is 393 Å². The Kier molecular flexibility index (Phi) is 48.6. The second kappa shape index (κ2) is 49.8. The molecule has 0 aliphatic rings. The van der Waals surface area contributed by atoms with E-state index in [1.54, 1.807) is 0 Å². The van der Waals surface area contributed by atoms with Gasteiger partial charge in [0.2, 0.25) is 0 Å². The van der Waals surface area contributed by atoms with Crippen LogP contribution in [0.15, 0.2) is 0 Å². The molecule has 0 fully saturated rings. The van der Waals surface area contributed by atoms with Gasteiger partial charge in [0.25, 0.3) is 0 Å². The van der Waals surface area contributed by atoms with E-state index < -0.39 is 6.10 Å². The van der Waals surface area contributed by atoms with Crippen molar-refractivity contribution in [1.29, 1.82) is 0 Å². The molecule has 0 radical (unpaired) electrons. The summed E-state index contributed by atoms with van der Waals surface area (Å²) < 4.78 is 16.8. The fraction of sp³-hybridized carbons (Fsp3) is 0.947. The summed E-state index contributed by atoms with van der Waals surface area (Å²) in [4.78, 5) is 37.9. The number of carbonyl (C=O) groups is 3. The maximum Gasteiger partial charge on any atom is 0.306 e. The molecule has 0 N–H and O–H groups in total. The van der Waals surface area contributed by atoms with Crippen molar-refractivity contribution in [3.8, 4) is 0 Å². The summed E-state index contributed by atoms with van der Waals surface area (Å²) in [5.41, 5.74) is 0. The van der Waals surface area contributed by atoms with Crippen LogP contribution in [0.5, 0.6) is 0 Å². The van der Waals surface area contributed by atoms with Gasteiger partial charge in [-0.3, -0.25) is 14.4 Å². The van der Waals surface area contributed by atoms with E-state index in [9.17, 15) is 14.4 Å². The van der Waals surface area contributed by atoms with Gasteiger partial charge in [0.05, 0.1) is 0 Å². The van der Waals surface area contributed by atoms with Gasteiger partial charge in [0, 0.05) is 19.3 Å². The molecule has 0 saturated heterocycles. The lowest BCUT2D eigenvalue weighted by atomic mass is 9.99. The zero-order valence-electron chi connectivity index (χ0n) is 43.2. The van der Waals surface area contributed by atoms with Crippen molar-refractivity contribution in [2.45, 2.75) is 323 Å². The Morgan fingerprint density at radius 1 is 0.333 bits per heavy atom. The summed E-state index contributed by atoms with van der Waals surface area (Å²) in [5, 5.41) is 0. The third-order valence-electron chi connectivity index (χ3n) is 13.3. The number of unbranched alkanes of at least 4 members (excludes halogenated alkanes) is 35. The highest BCUT2D eigenvalue weighted by atomic mass is 16.6. The van der Waals surface area contributed by atoms with Crippen LogP contribution in [0.4, 0.5) is 0 Å². The molecule has 1 unspecified atom stereocenters. The first-order valence-corrected chi connectivity index (χ1v) is 28.3. The molecular weight excluding hydrogens is 781 g/mol. The summed E-state index contributed by atoms with van der Waals surface area (Å²) in [6.07, 6.45) is 52.5. The molecule has 0 aliphatic carbocycles. The number of rotatable bonds is 51. The van der Waals surface area contributed by atoms with Gasteiger partial charge in [-0.05, 0) is 31.1 Å². The van der Waals surface area contributed by atoms with E-state index in [0.717, 1.165) is 69.6 Å². The van der Waals surface area contributed by atoms with E-state index in [4.69, 9.17) is 14.2 Å². The zero-order valence-corrected chi connectivity index (χ0v) is 43.2. The van der Waals surface area contributed by atoms with Crippen LogP contribution in [0.1, 0.15) is 317 Å². The third kappa shape index (κ3) is 49.7. The van der Waals surface area contributed by atoms with E-state index in [1.165, 1.54) is 205 Å². The smallest absolute Gasteiger partial charge is 0.306 e. The molecule has 0 aliphatic heterocycles. The maximum absolute atomic E-state index is 12.8. The van der Waals surface area contributed by atoms with Gasteiger partial charge in [-0.2, -0.15) is 0 Å². The largest absolute Gasteiger partial charge is 0.462 e. The summed E-state index contributed by atoms with van der Waals surface area (Å²) >= 11 is 0. The molecule has 0 aromatic heterocycles. The molecule has 0 rings (SSSR count). The van der Waals surface area contributed by atoms with Crippen molar-refractivity contribution >= 4 is 17.9 Å². The van der Waals surface area contributed by atoms with Crippen LogP contribution < -0.4 is 0 Å². The van der Waals surface area contributed by atoms with E-state index in [0.29, 0.717) is 19.3 Å². The third-order valence-corrected chi connectivity index (χ3v) is 13.3. The Morgan fingerprint density at radius 3 is 0.905 bits per heavy atom. The highest BCUT2D eigenvalue weighted by molar-refractivity contribution is 5.71. The quantitative estimate of drug-likeness (QED) is 0.0344. The molecule has 0 heterocycles. The van der Waals surface area contributed by atoms with Crippen LogP contribution >= 0.6 is 0 Å². The molecule has 0 aromatic rings. The van der Waals surface area contributed by atoms with Crippen LogP contribution in [-0.4, -0.2) is 37.2 Å². The van der Waals surface area contributed by atoms with Gasteiger partial charge in [0.1, 0.15) is 13.2 Å². The molecule has 0 aromatic carbocycles. The van der Waals surface area contributed by atoms with E-state index in [2.05, 4.69) is 34.6 Å². The topological polar surface area (TPSA) is 78.9 Å². The second-order valence-corrected chi connectivity index (χ2v) is 20.3. The number of hydrogen-bond acceptors (Lipinski definition) is 6. The lowest BCUT2D eigenvalue weighted by Gasteiger charge is -2.18. The maximum atomic E-state index is 12.8. The molecule has 6 nitrogen and oxygen atoms in total. The summed E-state index contributed by atoms with van der Waals surface area (Å²) in [6.45, 7) is 11.4. The number of hydrogen-bond donors (Lipinski definition) is 0. The minimum absolute atomic E-state index is 0.0634. The predicted octanol–water partition coefficient (Wildman–Crippen LogP) is 18.5. The van der Waals surface area contributed by atoms with Crippen molar-refractivity contribution in [3.63, 3.8) is 0 Å². The lowest BCUT2D eigenvalue weighted by molar-refractivity contribution is -0.167. The Balaban J connectivity index is 4.13. The van der Waals surface area contributed by atoms with Crippen LogP contribution in [0.2, 0.25) is 0 Å². The van der Waals surface area contributed by atoms with Crippen molar-refractivity contribution < 1.29 is 28.6 Å². The summed E-state index contributed by atoms with van der Waals surface area (Å²) in [5.74, 6) is 0.900. The van der Waals surface area contributed by atoms with Gasteiger partial charge in [-0.25, -0.2) is 0 Å². The molecule has 2 atom stereocenters. The normalized spacial score (nSPS) is 12.5. The summed E-state index contributed by atoms with van der Waals surface area (Å²) in [6, 6.07) is 0.